The van der Waals surface area contributed by atoms with E-state index in [4.69, 9.17) is 10.5 Å². The number of nitrogens with zero attached hydrogens (tertiary/aromatic N) is 3. The molecule has 7 heteroatoms. The van der Waals surface area contributed by atoms with Gasteiger partial charge < -0.3 is 21.1 Å². The van der Waals surface area contributed by atoms with Crippen molar-refractivity contribution in [3.63, 3.8) is 0 Å². The van der Waals surface area contributed by atoms with Crippen molar-refractivity contribution in [1.29, 1.82) is 0 Å². The molecule has 0 unspecified atom stereocenters. The standard InChI is InChI=1S/C15H24N6O/c1-22-9-7-17-13-10-14(20-21-8-6-18-15(13)21)19-12-4-2-11(16)3-5-12/h6,8,10-12,17H,2-5,7,9,16H2,1H3,(H,19,20). The first-order valence-corrected chi connectivity index (χ1v) is 7.85. The molecule has 1 fully saturated rings. The quantitative estimate of drug-likeness (QED) is 0.700. The highest BCUT2D eigenvalue weighted by atomic mass is 16.5. The van der Waals surface area contributed by atoms with Gasteiger partial charge in [-0.15, -0.1) is 5.10 Å². The predicted molar refractivity (Wildman–Crippen MR) is 87.2 cm³/mol. The molecule has 1 saturated carbocycles. The Morgan fingerprint density at radius 2 is 2.18 bits per heavy atom. The summed E-state index contributed by atoms with van der Waals surface area (Å²) in [5, 5.41) is 11.5. The van der Waals surface area contributed by atoms with Crippen LogP contribution in [0.15, 0.2) is 18.5 Å². The summed E-state index contributed by atoms with van der Waals surface area (Å²) in [5.41, 5.74) is 7.76. The van der Waals surface area contributed by atoms with Crippen molar-refractivity contribution in [2.75, 3.05) is 30.9 Å². The van der Waals surface area contributed by atoms with E-state index < -0.39 is 0 Å². The van der Waals surface area contributed by atoms with E-state index in [0.717, 1.165) is 49.4 Å². The maximum Gasteiger partial charge on any atom is 0.177 e. The first kappa shape index (κ1) is 15.1. The summed E-state index contributed by atoms with van der Waals surface area (Å²) in [4.78, 5) is 4.35. The zero-order chi connectivity index (χ0) is 15.4. The molecule has 0 amide bonds. The number of rotatable bonds is 6. The number of hydrogen-bond acceptors (Lipinski definition) is 6. The highest BCUT2D eigenvalue weighted by Crippen LogP contribution is 2.23. The number of imidazole rings is 1. The second kappa shape index (κ2) is 6.93. The van der Waals surface area contributed by atoms with E-state index >= 15 is 0 Å². The Balaban J connectivity index is 1.74. The Bertz CT molecular complexity index is 605. The molecule has 120 valence electrons. The number of hydrogen-bond donors (Lipinski definition) is 3. The summed E-state index contributed by atoms with van der Waals surface area (Å²) in [5.74, 6) is 0.867. The van der Waals surface area contributed by atoms with Gasteiger partial charge in [-0.1, -0.05) is 0 Å². The van der Waals surface area contributed by atoms with Crippen LogP contribution in [0.1, 0.15) is 25.7 Å². The third-order valence-corrected chi connectivity index (χ3v) is 4.10. The average molecular weight is 304 g/mol. The van der Waals surface area contributed by atoms with Gasteiger partial charge in [-0.25, -0.2) is 9.50 Å². The fourth-order valence-corrected chi connectivity index (χ4v) is 2.88. The van der Waals surface area contributed by atoms with Crippen molar-refractivity contribution in [1.82, 2.24) is 14.6 Å². The lowest BCUT2D eigenvalue weighted by Crippen LogP contribution is -2.33. The van der Waals surface area contributed by atoms with Crippen LogP contribution in [0.5, 0.6) is 0 Å². The van der Waals surface area contributed by atoms with Gasteiger partial charge >= 0.3 is 0 Å². The van der Waals surface area contributed by atoms with E-state index in [2.05, 4.69) is 20.7 Å². The monoisotopic (exact) mass is 304 g/mol. The lowest BCUT2D eigenvalue weighted by atomic mass is 9.92. The second-order valence-electron chi connectivity index (χ2n) is 5.81. The molecule has 2 aromatic rings. The molecule has 0 bridgehead atoms. The molecule has 3 rings (SSSR count). The third kappa shape index (κ3) is 3.48. The average Bonchev–Trinajstić information content (AvgIpc) is 2.98. The Kier molecular flexibility index (Phi) is 4.74. The van der Waals surface area contributed by atoms with Gasteiger partial charge in [0.2, 0.25) is 0 Å². The van der Waals surface area contributed by atoms with Crippen LogP contribution in [0.3, 0.4) is 0 Å². The summed E-state index contributed by atoms with van der Waals surface area (Å²) in [7, 11) is 1.69. The van der Waals surface area contributed by atoms with Crippen molar-refractivity contribution in [3.05, 3.63) is 18.5 Å². The van der Waals surface area contributed by atoms with E-state index in [1.54, 1.807) is 17.8 Å². The lowest BCUT2D eigenvalue weighted by Gasteiger charge is -2.27. The number of aromatic nitrogens is 3. The topological polar surface area (TPSA) is 89.5 Å². The highest BCUT2D eigenvalue weighted by molar-refractivity contribution is 5.70. The number of nitrogens with one attached hydrogen (secondary N) is 2. The maximum atomic E-state index is 5.97. The Morgan fingerprint density at radius 3 is 2.95 bits per heavy atom. The van der Waals surface area contributed by atoms with Gasteiger partial charge in [0.05, 0.1) is 12.3 Å². The molecule has 1 aliphatic carbocycles. The molecule has 7 nitrogen and oxygen atoms in total. The lowest BCUT2D eigenvalue weighted by molar-refractivity contribution is 0.211. The predicted octanol–water partition coefficient (Wildman–Crippen LogP) is 1.47. The SMILES string of the molecule is COCCNc1cc(NC2CCC(N)CC2)nn2ccnc12. The third-order valence-electron chi connectivity index (χ3n) is 4.10. The fourth-order valence-electron chi connectivity index (χ4n) is 2.88. The first-order valence-electron chi connectivity index (χ1n) is 7.85. The molecule has 0 atom stereocenters. The molecule has 22 heavy (non-hydrogen) atoms. The van der Waals surface area contributed by atoms with Crippen LogP contribution in [0.2, 0.25) is 0 Å². The normalized spacial score (nSPS) is 21.9. The smallest absolute Gasteiger partial charge is 0.177 e. The van der Waals surface area contributed by atoms with Gasteiger partial charge in [0.15, 0.2) is 5.65 Å². The summed E-state index contributed by atoms with van der Waals surface area (Å²) in [6, 6.07) is 2.82. The highest BCUT2D eigenvalue weighted by Gasteiger charge is 2.19. The van der Waals surface area contributed by atoms with Gasteiger partial charge in [0.1, 0.15) is 5.82 Å². The van der Waals surface area contributed by atoms with Crippen molar-refractivity contribution in [2.24, 2.45) is 5.73 Å². The van der Waals surface area contributed by atoms with Crippen LogP contribution < -0.4 is 16.4 Å². The van der Waals surface area contributed by atoms with Gasteiger partial charge in [0.25, 0.3) is 0 Å². The maximum absolute atomic E-state index is 5.97. The minimum Gasteiger partial charge on any atom is -0.383 e. The van der Waals surface area contributed by atoms with E-state index in [1.165, 1.54) is 0 Å². The number of fused-ring (bicyclic) bond motifs is 1. The molecular weight excluding hydrogens is 280 g/mol. The molecule has 0 aliphatic heterocycles. The van der Waals surface area contributed by atoms with Crippen LogP contribution >= 0.6 is 0 Å². The van der Waals surface area contributed by atoms with Gasteiger partial charge in [-0.05, 0) is 25.7 Å². The summed E-state index contributed by atoms with van der Waals surface area (Å²) < 4.78 is 6.88. The van der Waals surface area contributed by atoms with Crippen molar-refractivity contribution in [2.45, 2.75) is 37.8 Å². The number of anilines is 2. The summed E-state index contributed by atoms with van der Waals surface area (Å²) in [6.45, 7) is 1.39. The largest absolute Gasteiger partial charge is 0.383 e. The van der Waals surface area contributed by atoms with E-state index in [-0.39, 0.29) is 0 Å². The molecule has 0 radical (unpaired) electrons. The Hall–Kier alpha value is -1.86. The van der Waals surface area contributed by atoms with Crippen LogP contribution in [-0.4, -0.2) is 46.9 Å². The Morgan fingerprint density at radius 1 is 1.36 bits per heavy atom. The first-order chi connectivity index (χ1) is 10.8. The minimum absolute atomic E-state index is 0.355. The molecule has 0 aromatic carbocycles. The number of methoxy groups -OCH3 is 1. The van der Waals surface area contributed by atoms with Crippen molar-refractivity contribution in [3.8, 4) is 0 Å². The van der Waals surface area contributed by atoms with Crippen LogP contribution in [0.25, 0.3) is 5.65 Å². The minimum atomic E-state index is 0.355. The number of nitrogens with two attached hydrogens (primary N) is 1. The van der Waals surface area contributed by atoms with E-state index in [1.807, 2.05) is 12.3 Å². The van der Waals surface area contributed by atoms with E-state index in [9.17, 15) is 0 Å². The van der Waals surface area contributed by atoms with Crippen LogP contribution in [0.4, 0.5) is 11.5 Å². The van der Waals surface area contributed by atoms with E-state index in [0.29, 0.717) is 18.7 Å². The van der Waals surface area contributed by atoms with Gasteiger partial charge in [0, 0.05) is 44.2 Å². The zero-order valence-electron chi connectivity index (χ0n) is 13.0. The van der Waals surface area contributed by atoms with Crippen LogP contribution in [0, 0.1) is 0 Å². The molecule has 2 heterocycles. The summed E-state index contributed by atoms with van der Waals surface area (Å²) in [6.07, 6.45) is 7.95. The molecule has 4 N–H and O–H groups in total. The molecular formula is C15H24N6O. The molecule has 2 aromatic heterocycles. The number of ether oxygens (including phenoxy) is 1. The molecule has 1 aliphatic rings. The van der Waals surface area contributed by atoms with Gasteiger partial charge in [-0.2, -0.15) is 0 Å². The summed E-state index contributed by atoms with van der Waals surface area (Å²) >= 11 is 0. The Labute approximate surface area is 130 Å². The molecule has 0 saturated heterocycles. The second-order valence-corrected chi connectivity index (χ2v) is 5.81. The van der Waals surface area contributed by atoms with Crippen molar-refractivity contribution >= 4 is 17.2 Å². The van der Waals surface area contributed by atoms with Crippen molar-refractivity contribution < 1.29 is 4.74 Å². The zero-order valence-corrected chi connectivity index (χ0v) is 13.0. The van der Waals surface area contributed by atoms with Gasteiger partial charge in [-0.3, -0.25) is 0 Å². The molecule has 0 spiro atoms. The van der Waals surface area contributed by atoms with Crippen LogP contribution in [-0.2, 0) is 4.74 Å². The fraction of sp³-hybridized carbons (Fsp3) is 0.600.